The zero-order valence-corrected chi connectivity index (χ0v) is 12.5. The fourth-order valence-electron chi connectivity index (χ4n) is 2.55. The van der Waals surface area contributed by atoms with Crippen LogP contribution in [0.2, 0.25) is 0 Å². The van der Waals surface area contributed by atoms with Gasteiger partial charge in [-0.1, -0.05) is 0 Å². The van der Waals surface area contributed by atoms with Gasteiger partial charge in [0.05, 0.1) is 5.69 Å². The van der Waals surface area contributed by atoms with E-state index >= 15 is 0 Å². The van der Waals surface area contributed by atoms with Crippen LogP contribution in [0.3, 0.4) is 0 Å². The Kier molecular flexibility index (Phi) is 4.40. The molecule has 0 saturated carbocycles. The molecule has 0 radical (unpaired) electrons. The quantitative estimate of drug-likeness (QED) is 0.930. The fourth-order valence-corrected chi connectivity index (χ4v) is 2.55. The molecule has 1 aliphatic rings. The van der Waals surface area contributed by atoms with E-state index in [4.69, 9.17) is 4.74 Å². The Morgan fingerprint density at radius 3 is 2.76 bits per heavy atom. The van der Waals surface area contributed by atoms with Crippen LogP contribution in [-0.2, 0) is 13.7 Å². The molecule has 5 heteroatoms. The lowest BCUT2D eigenvalue weighted by Crippen LogP contribution is -2.27. The molecule has 0 aliphatic carbocycles. The van der Waals surface area contributed by atoms with Crippen LogP contribution in [-0.4, -0.2) is 36.0 Å². The number of nitrogens with zero attached hydrogens (tertiary/aromatic N) is 3. The van der Waals surface area contributed by atoms with Crippen molar-refractivity contribution in [1.82, 2.24) is 15.1 Å². The van der Waals surface area contributed by atoms with Crippen molar-refractivity contribution in [2.45, 2.75) is 13.0 Å². The zero-order chi connectivity index (χ0) is 14.5. The number of ether oxygens (including phenoxy) is 1. The summed E-state index contributed by atoms with van der Waals surface area (Å²) in [5.41, 5.74) is 2.21. The first kappa shape index (κ1) is 13.9. The molecule has 21 heavy (non-hydrogen) atoms. The smallest absolute Gasteiger partial charge is 0.132 e. The van der Waals surface area contributed by atoms with Gasteiger partial charge < -0.3 is 15.0 Å². The number of anilines is 1. The van der Waals surface area contributed by atoms with E-state index in [1.54, 1.807) is 4.68 Å². The predicted octanol–water partition coefficient (Wildman–Crippen LogP) is 1.80. The molecule has 2 heterocycles. The van der Waals surface area contributed by atoms with Gasteiger partial charge in [-0.25, -0.2) is 0 Å². The molecular formula is C16H22N4O. The van der Waals surface area contributed by atoms with Crippen molar-refractivity contribution < 1.29 is 4.74 Å². The standard InChI is InChI=1S/C16H22N4O/c1-19-11-7-14(18-19)13-21-16-5-3-15(4-6-16)20-10-2-8-17-9-12-20/h3-7,11,17H,2,8-10,12-13H2,1H3. The second-order valence-electron chi connectivity index (χ2n) is 5.35. The third kappa shape index (κ3) is 3.76. The van der Waals surface area contributed by atoms with Crippen molar-refractivity contribution in [3.05, 3.63) is 42.2 Å². The largest absolute Gasteiger partial charge is 0.487 e. The molecule has 2 aromatic rings. The molecule has 5 nitrogen and oxygen atoms in total. The fraction of sp³-hybridized carbons (Fsp3) is 0.438. The molecular weight excluding hydrogens is 264 g/mol. The number of aryl methyl sites for hydroxylation is 1. The van der Waals surface area contributed by atoms with Gasteiger partial charge in [0.1, 0.15) is 12.4 Å². The average molecular weight is 286 g/mol. The highest BCUT2D eigenvalue weighted by Gasteiger charge is 2.09. The maximum Gasteiger partial charge on any atom is 0.132 e. The molecule has 1 aromatic carbocycles. The third-order valence-electron chi connectivity index (χ3n) is 3.70. The first-order valence-corrected chi connectivity index (χ1v) is 7.48. The average Bonchev–Trinajstić information content (AvgIpc) is 2.76. The normalized spacial score (nSPS) is 15.8. The minimum absolute atomic E-state index is 0.508. The number of aromatic nitrogens is 2. The lowest BCUT2D eigenvalue weighted by molar-refractivity contribution is 0.300. The number of benzene rings is 1. The minimum atomic E-state index is 0.508. The summed E-state index contributed by atoms with van der Waals surface area (Å²) in [6, 6.07) is 10.3. The van der Waals surface area contributed by atoms with Crippen LogP contribution in [0.15, 0.2) is 36.5 Å². The topological polar surface area (TPSA) is 42.3 Å². The number of rotatable bonds is 4. The Hall–Kier alpha value is -2.01. The highest BCUT2D eigenvalue weighted by Crippen LogP contribution is 2.20. The van der Waals surface area contributed by atoms with Crippen LogP contribution in [0.5, 0.6) is 5.75 Å². The Morgan fingerprint density at radius 1 is 1.14 bits per heavy atom. The Bertz CT molecular complexity index is 556. The van der Waals surface area contributed by atoms with Gasteiger partial charge in [-0.15, -0.1) is 0 Å². The van der Waals surface area contributed by atoms with Crippen LogP contribution < -0.4 is 15.0 Å². The van der Waals surface area contributed by atoms with Gasteiger partial charge in [0.2, 0.25) is 0 Å². The van der Waals surface area contributed by atoms with E-state index in [-0.39, 0.29) is 0 Å². The second kappa shape index (κ2) is 6.63. The van der Waals surface area contributed by atoms with E-state index < -0.39 is 0 Å². The van der Waals surface area contributed by atoms with E-state index in [9.17, 15) is 0 Å². The molecule has 0 amide bonds. The van der Waals surface area contributed by atoms with Crippen LogP contribution in [0.25, 0.3) is 0 Å². The van der Waals surface area contributed by atoms with E-state index in [0.29, 0.717) is 6.61 Å². The van der Waals surface area contributed by atoms with Gasteiger partial charge >= 0.3 is 0 Å². The lowest BCUT2D eigenvalue weighted by Gasteiger charge is -2.22. The molecule has 112 valence electrons. The van der Waals surface area contributed by atoms with Crippen molar-refractivity contribution in [2.24, 2.45) is 7.05 Å². The van der Waals surface area contributed by atoms with E-state index in [0.717, 1.165) is 37.6 Å². The molecule has 0 bridgehead atoms. The summed E-state index contributed by atoms with van der Waals surface area (Å²) < 4.78 is 7.55. The van der Waals surface area contributed by atoms with Crippen molar-refractivity contribution >= 4 is 5.69 Å². The molecule has 1 saturated heterocycles. The van der Waals surface area contributed by atoms with Crippen LogP contribution in [0, 0.1) is 0 Å². The van der Waals surface area contributed by atoms with Crippen molar-refractivity contribution in [3.63, 3.8) is 0 Å². The van der Waals surface area contributed by atoms with Gasteiger partial charge in [0.25, 0.3) is 0 Å². The Labute approximate surface area is 125 Å². The van der Waals surface area contributed by atoms with Crippen molar-refractivity contribution in [1.29, 1.82) is 0 Å². The summed E-state index contributed by atoms with van der Waals surface area (Å²) in [6.07, 6.45) is 3.12. The van der Waals surface area contributed by atoms with E-state index in [1.807, 2.05) is 31.4 Å². The maximum absolute atomic E-state index is 5.77. The predicted molar refractivity (Wildman–Crippen MR) is 83.7 cm³/mol. The van der Waals surface area contributed by atoms with Crippen LogP contribution in [0.1, 0.15) is 12.1 Å². The number of hydrogen-bond donors (Lipinski definition) is 1. The molecule has 0 unspecified atom stereocenters. The number of nitrogens with one attached hydrogen (secondary N) is 1. The van der Waals surface area contributed by atoms with Gasteiger partial charge in [0, 0.05) is 38.6 Å². The number of hydrogen-bond acceptors (Lipinski definition) is 4. The van der Waals surface area contributed by atoms with Gasteiger partial charge in [-0.05, 0) is 43.3 Å². The zero-order valence-electron chi connectivity index (χ0n) is 12.5. The first-order valence-electron chi connectivity index (χ1n) is 7.48. The monoisotopic (exact) mass is 286 g/mol. The lowest BCUT2D eigenvalue weighted by atomic mass is 10.2. The Balaban J connectivity index is 1.58. The van der Waals surface area contributed by atoms with Gasteiger partial charge in [0.15, 0.2) is 0 Å². The van der Waals surface area contributed by atoms with Gasteiger partial charge in [-0.3, -0.25) is 4.68 Å². The SMILES string of the molecule is Cn1ccc(COc2ccc(N3CCCNCC3)cc2)n1. The molecule has 1 N–H and O–H groups in total. The van der Waals surface area contributed by atoms with Gasteiger partial charge in [-0.2, -0.15) is 5.10 Å². The first-order chi connectivity index (χ1) is 10.3. The highest BCUT2D eigenvalue weighted by molar-refractivity contribution is 5.49. The molecule has 1 fully saturated rings. The second-order valence-corrected chi connectivity index (χ2v) is 5.35. The van der Waals surface area contributed by atoms with Crippen LogP contribution >= 0.6 is 0 Å². The maximum atomic E-state index is 5.77. The summed E-state index contributed by atoms with van der Waals surface area (Å²) in [7, 11) is 1.91. The molecule has 3 rings (SSSR count). The molecule has 0 spiro atoms. The van der Waals surface area contributed by atoms with Crippen molar-refractivity contribution in [2.75, 3.05) is 31.1 Å². The highest BCUT2D eigenvalue weighted by atomic mass is 16.5. The summed E-state index contributed by atoms with van der Waals surface area (Å²) in [5.74, 6) is 0.886. The van der Waals surface area contributed by atoms with E-state index in [2.05, 4.69) is 27.4 Å². The summed E-state index contributed by atoms with van der Waals surface area (Å²) in [6.45, 7) is 4.85. The molecule has 1 aliphatic heterocycles. The van der Waals surface area contributed by atoms with E-state index in [1.165, 1.54) is 12.1 Å². The minimum Gasteiger partial charge on any atom is -0.487 e. The van der Waals surface area contributed by atoms with Crippen molar-refractivity contribution in [3.8, 4) is 5.75 Å². The summed E-state index contributed by atoms with van der Waals surface area (Å²) in [5, 5.41) is 7.73. The van der Waals surface area contributed by atoms with Crippen LogP contribution in [0.4, 0.5) is 5.69 Å². The third-order valence-corrected chi connectivity index (χ3v) is 3.70. The molecule has 0 atom stereocenters. The summed E-state index contributed by atoms with van der Waals surface area (Å²) in [4.78, 5) is 2.42. The summed E-state index contributed by atoms with van der Waals surface area (Å²) >= 11 is 0. The molecule has 1 aromatic heterocycles. The Morgan fingerprint density at radius 2 is 2.00 bits per heavy atom.